The minimum absolute atomic E-state index is 0.310. The lowest BCUT2D eigenvalue weighted by molar-refractivity contribution is 0.253. The van der Waals surface area contributed by atoms with Gasteiger partial charge < -0.3 is 10.2 Å². The summed E-state index contributed by atoms with van der Waals surface area (Å²) in [5.74, 6) is 1.77. The number of hydrogen-bond acceptors (Lipinski definition) is 2. The van der Waals surface area contributed by atoms with Crippen molar-refractivity contribution in [1.29, 1.82) is 0 Å². The molecule has 0 amide bonds. The van der Waals surface area contributed by atoms with Crippen molar-refractivity contribution in [1.82, 2.24) is 0 Å². The van der Waals surface area contributed by atoms with Gasteiger partial charge in [0.1, 0.15) is 5.76 Å². The van der Waals surface area contributed by atoms with Crippen molar-refractivity contribution < 1.29 is 4.42 Å². The summed E-state index contributed by atoms with van der Waals surface area (Å²) in [5.41, 5.74) is 6.01. The molecule has 1 atom stereocenters. The first-order valence-corrected chi connectivity index (χ1v) is 4.64. The molecular weight excluding hydrogens is 150 g/mol. The molecule has 0 aromatic carbocycles. The Balaban J connectivity index is 1.86. The van der Waals surface area contributed by atoms with Crippen LogP contribution in [-0.4, -0.2) is 6.04 Å². The van der Waals surface area contributed by atoms with Gasteiger partial charge >= 0.3 is 0 Å². The Morgan fingerprint density at radius 2 is 2.42 bits per heavy atom. The number of rotatable bonds is 3. The molecule has 0 spiro atoms. The molecule has 1 aromatic heterocycles. The summed E-state index contributed by atoms with van der Waals surface area (Å²) in [6.45, 7) is 0. The van der Waals surface area contributed by atoms with Gasteiger partial charge in [0.25, 0.3) is 0 Å². The molecule has 2 rings (SSSR count). The molecule has 1 aliphatic rings. The Labute approximate surface area is 72.7 Å². The van der Waals surface area contributed by atoms with Crippen LogP contribution in [0.4, 0.5) is 0 Å². The fourth-order valence-electron chi connectivity index (χ4n) is 1.70. The van der Waals surface area contributed by atoms with Crippen molar-refractivity contribution in [2.75, 3.05) is 0 Å². The van der Waals surface area contributed by atoms with Gasteiger partial charge in [0.2, 0.25) is 0 Å². The van der Waals surface area contributed by atoms with E-state index in [1.54, 1.807) is 6.26 Å². The van der Waals surface area contributed by atoms with Crippen molar-refractivity contribution in [3.05, 3.63) is 24.2 Å². The molecule has 2 N–H and O–H groups in total. The zero-order chi connectivity index (χ0) is 8.39. The molecule has 0 aliphatic heterocycles. The van der Waals surface area contributed by atoms with Gasteiger partial charge in [-0.2, -0.15) is 0 Å². The number of nitrogens with two attached hydrogens (primary N) is 1. The monoisotopic (exact) mass is 165 g/mol. The van der Waals surface area contributed by atoms with Gasteiger partial charge in [0.15, 0.2) is 0 Å². The highest BCUT2D eigenvalue weighted by atomic mass is 16.3. The van der Waals surface area contributed by atoms with Crippen LogP contribution in [0.15, 0.2) is 22.8 Å². The van der Waals surface area contributed by atoms with Gasteiger partial charge in [-0.05, 0) is 30.9 Å². The maximum absolute atomic E-state index is 6.01. The first-order chi connectivity index (χ1) is 5.86. The second kappa shape index (κ2) is 3.31. The average molecular weight is 165 g/mol. The largest absolute Gasteiger partial charge is 0.469 e. The Morgan fingerprint density at radius 3 is 2.92 bits per heavy atom. The molecule has 2 heteroatoms. The van der Waals surface area contributed by atoms with Crippen LogP contribution >= 0.6 is 0 Å². The quantitative estimate of drug-likeness (QED) is 0.743. The molecule has 1 fully saturated rings. The third kappa shape index (κ3) is 1.53. The zero-order valence-electron chi connectivity index (χ0n) is 7.20. The normalized spacial score (nSPS) is 20.4. The molecule has 12 heavy (non-hydrogen) atoms. The maximum Gasteiger partial charge on any atom is 0.105 e. The minimum Gasteiger partial charge on any atom is -0.469 e. The van der Waals surface area contributed by atoms with E-state index in [0.29, 0.717) is 6.04 Å². The van der Waals surface area contributed by atoms with E-state index in [1.165, 1.54) is 19.3 Å². The topological polar surface area (TPSA) is 39.2 Å². The van der Waals surface area contributed by atoms with Gasteiger partial charge in [0.05, 0.1) is 6.26 Å². The van der Waals surface area contributed by atoms with E-state index in [1.807, 2.05) is 12.1 Å². The molecule has 1 aromatic rings. The van der Waals surface area contributed by atoms with Gasteiger partial charge in [-0.3, -0.25) is 0 Å². The lowest BCUT2D eigenvalue weighted by Crippen LogP contribution is -2.36. The van der Waals surface area contributed by atoms with Crippen molar-refractivity contribution in [2.24, 2.45) is 11.7 Å². The van der Waals surface area contributed by atoms with Crippen LogP contribution in [0, 0.1) is 5.92 Å². The van der Waals surface area contributed by atoms with E-state index in [2.05, 4.69) is 0 Å². The van der Waals surface area contributed by atoms with Gasteiger partial charge in [-0.1, -0.05) is 6.42 Å². The minimum atomic E-state index is 0.310. The summed E-state index contributed by atoms with van der Waals surface area (Å²) in [6, 6.07) is 4.23. The van der Waals surface area contributed by atoms with E-state index in [-0.39, 0.29) is 0 Å². The standard InChI is InChI=1S/C10H15NO/c11-10(8-3-1-4-8)7-9-5-2-6-12-9/h2,5-6,8,10H,1,3-4,7,11H2. The molecular formula is C10H15NO. The molecule has 1 saturated carbocycles. The highest BCUT2D eigenvalue weighted by molar-refractivity contribution is 5.01. The fraction of sp³-hybridized carbons (Fsp3) is 0.600. The Hall–Kier alpha value is -0.760. The summed E-state index contributed by atoms with van der Waals surface area (Å²) in [5, 5.41) is 0. The molecule has 0 bridgehead atoms. The second-order valence-corrected chi connectivity index (χ2v) is 3.64. The van der Waals surface area contributed by atoms with E-state index in [4.69, 9.17) is 10.2 Å². The number of furan rings is 1. The lowest BCUT2D eigenvalue weighted by atomic mass is 9.79. The fourth-order valence-corrected chi connectivity index (χ4v) is 1.70. The van der Waals surface area contributed by atoms with Crippen LogP contribution in [0.2, 0.25) is 0 Å². The molecule has 0 radical (unpaired) electrons. The lowest BCUT2D eigenvalue weighted by Gasteiger charge is -2.30. The molecule has 2 nitrogen and oxygen atoms in total. The Morgan fingerprint density at radius 1 is 1.58 bits per heavy atom. The van der Waals surface area contributed by atoms with Crippen LogP contribution in [0.1, 0.15) is 25.0 Å². The predicted molar refractivity (Wildman–Crippen MR) is 47.7 cm³/mol. The molecule has 1 aliphatic carbocycles. The van der Waals surface area contributed by atoms with Crippen molar-refractivity contribution in [2.45, 2.75) is 31.7 Å². The average Bonchev–Trinajstić information content (AvgIpc) is 2.34. The Kier molecular flexibility index (Phi) is 2.17. The van der Waals surface area contributed by atoms with Crippen molar-refractivity contribution in [3.63, 3.8) is 0 Å². The number of hydrogen-bond donors (Lipinski definition) is 1. The summed E-state index contributed by atoms with van der Waals surface area (Å²) < 4.78 is 5.24. The molecule has 1 heterocycles. The van der Waals surface area contributed by atoms with Crippen LogP contribution in [-0.2, 0) is 6.42 Å². The van der Waals surface area contributed by atoms with Crippen molar-refractivity contribution in [3.8, 4) is 0 Å². The molecule has 1 unspecified atom stereocenters. The first kappa shape index (κ1) is 7.87. The summed E-state index contributed by atoms with van der Waals surface area (Å²) in [4.78, 5) is 0. The van der Waals surface area contributed by atoms with E-state index >= 15 is 0 Å². The second-order valence-electron chi connectivity index (χ2n) is 3.64. The highest BCUT2D eigenvalue weighted by Gasteiger charge is 2.24. The van der Waals surface area contributed by atoms with E-state index in [0.717, 1.165) is 18.1 Å². The van der Waals surface area contributed by atoms with E-state index < -0.39 is 0 Å². The van der Waals surface area contributed by atoms with Gasteiger partial charge in [0, 0.05) is 12.5 Å². The maximum atomic E-state index is 6.01. The van der Waals surface area contributed by atoms with Gasteiger partial charge in [-0.25, -0.2) is 0 Å². The van der Waals surface area contributed by atoms with Crippen LogP contribution in [0.25, 0.3) is 0 Å². The van der Waals surface area contributed by atoms with E-state index in [9.17, 15) is 0 Å². The third-order valence-corrected chi connectivity index (χ3v) is 2.77. The highest BCUT2D eigenvalue weighted by Crippen LogP contribution is 2.29. The predicted octanol–water partition coefficient (Wildman–Crippen LogP) is 1.95. The van der Waals surface area contributed by atoms with Gasteiger partial charge in [-0.15, -0.1) is 0 Å². The SMILES string of the molecule is NC(Cc1ccco1)C1CCC1. The first-order valence-electron chi connectivity index (χ1n) is 4.64. The molecule has 0 saturated heterocycles. The van der Waals surface area contributed by atoms with Crippen LogP contribution in [0.5, 0.6) is 0 Å². The Bertz CT molecular complexity index is 226. The summed E-state index contributed by atoms with van der Waals surface area (Å²) in [6.07, 6.45) is 6.58. The summed E-state index contributed by atoms with van der Waals surface area (Å²) in [7, 11) is 0. The molecule has 66 valence electrons. The third-order valence-electron chi connectivity index (χ3n) is 2.77. The van der Waals surface area contributed by atoms with Crippen molar-refractivity contribution >= 4 is 0 Å². The smallest absolute Gasteiger partial charge is 0.105 e. The van der Waals surface area contributed by atoms with Crippen LogP contribution < -0.4 is 5.73 Å². The zero-order valence-corrected chi connectivity index (χ0v) is 7.20. The summed E-state index contributed by atoms with van der Waals surface area (Å²) >= 11 is 0. The van der Waals surface area contributed by atoms with Crippen LogP contribution in [0.3, 0.4) is 0 Å².